The van der Waals surface area contributed by atoms with E-state index in [1.807, 2.05) is 13.0 Å². The highest BCUT2D eigenvalue weighted by Gasteiger charge is 2.29. The fourth-order valence-electron chi connectivity index (χ4n) is 4.46. The number of carbonyl (C=O) groups excluding carboxylic acids is 1. The number of hydrogen-bond acceptors (Lipinski definition) is 4. The van der Waals surface area contributed by atoms with Crippen LogP contribution in [0.1, 0.15) is 74.0 Å². The van der Waals surface area contributed by atoms with Gasteiger partial charge in [0.15, 0.2) is 5.82 Å². The summed E-state index contributed by atoms with van der Waals surface area (Å²) in [6, 6.07) is 1.60. The number of likely N-dealkylation sites (tertiary alicyclic amines) is 1. The Balaban J connectivity index is 1.43. The molecule has 2 amide bonds. The van der Waals surface area contributed by atoms with Gasteiger partial charge in [0.2, 0.25) is 0 Å². The fourth-order valence-corrected chi connectivity index (χ4v) is 4.46. The standard InChI is InChI=1S/C21H30N6O2/c1-14-10-12-26(2)20(28)17(14)22-21(29)27-11-6-9-16(13-27)19-23-18(24-25-19)15-7-4-3-5-8-15/h10,12,15-16H,3-9,11,13H2,1-2H3,(H,22,29)(H,23,24,25). The largest absolute Gasteiger partial charge is 0.324 e. The topological polar surface area (TPSA) is 95.9 Å². The molecule has 2 aromatic heterocycles. The number of aromatic nitrogens is 4. The van der Waals surface area contributed by atoms with Crippen molar-refractivity contribution < 1.29 is 4.79 Å². The molecule has 8 heteroatoms. The van der Waals surface area contributed by atoms with Crippen LogP contribution in [0.25, 0.3) is 0 Å². The summed E-state index contributed by atoms with van der Waals surface area (Å²) in [5, 5.41) is 10.5. The first-order chi connectivity index (χ1) is 14.0. The van der Waals surface area contributed by atoms with Crippen LogP contribution in [0.3, 0.4) is 0 Å². The van der Waals surface area contributed by atoms with Crippen molar-refractivity contribution >= 4 is 11.7 Å². The second-order valence-corrected chi connectivity index (χ2v) is 8.42. The first kappa shape index (κ1) is 19.7. The predicted molar refractivity (Wildman–Crippen MR) is 111 cm³/mol. The number of anilines is 1. The third kappa shape index (κ3) is 4.21. The zero-order valence-corrected chi connectivity index (χ0v) is 17.3. The minimum atomic E-state index is -0.232. The van der Waals surface area contributed by atoms with Crippen molar-refractivity contribution in [3.05, 3.63) is 39.8 Å². The van der Waals surface area contributed by atoms with Crippen LogP contribution in [-0.4, -0.2) is 43.8 Å². The third-order valence-corrected chi connectivity index (χ3v) is 6.29. The number of H-pyrrole nitrogens is 1. The zero-order valence-electron chi connectivity index (χ0n) is 17.3. The molecule has 2 fully saturated rings. The van der Waals surface area contributed by atoms with Crippen molar-refractivity contribution in [2.45, 2.75) is 63.7 Å². The van der Waals surface area contributed by atoms with Crippen LogP contribution in [0.5, 0.6) is 0 Å². The van der Waals surface area contributed by atoms with E-state index in [0.29, 0.717) is 24.7 Å². The molecule has 2 N–H and O–H groups in total. The molecule has 1 atom stereocenters. The van der Waals surface area contributed by atoms with Gasteiger partial charge in [-0.3, -0.25) is 9.89 Å². The minimum absolute atomic E-state index is 0.128. The van der Waals surface area contributed by atoms with Gasteiger partial charge in [0, 0.05) is 38.2 Å². The molecule has 0 bridgehead atoms. The maximum atomic E-state index is 12.8. The highest BCUT2D eigenvalue weighted by atomic mass is 16.2. The van der Waals surface area contributed by atoms with Gasteiger partial charge in [-0.15, -0.1) is 0 Å². The van der Waals surface area contributed by atoms with E-state index in [4.69, 9.17) is 4.98 Å². The Kier molecular flexibility index (Phi) is 5.69. The molecule has 0 spiro atoms. The average Bonchev–Trinajstić information content (AvgIpc) is 3.25. The van der Waals surface area contributed by atoms with Crippen LogP contribution in [0, 0.1) is 6.92 Å². The molecule has 4 rings (SSSR count). The maximum absolute atomic E-state index is 12.8. The van der Waals surface area contributed by atoms with E-state index in [-0.39, 0.29) is 17.5 Å². The lowest BCUT2D eigenvalue weighted by molar-refractivity contribution is 0.191. The van der Waals surface area contributed by atoms with Gasteiger partial charge in [-0.1, -0.05) is 19.3 Å². The number of carbonyl (C=O) groups is 1. The lowest BCUT2D eigenvalue weighted by atomic mass is 9.89. The van der Waals surface area contributed by atoms with Crippen molar-refractivity contribution in [1.82, 2.24) is 24.6 Å². The molecule has 1 saturated heterocycles. The monoisotopic (exact) mass is 398 g/mol. The number of hydrogen-bond donors (Lipinski definition) is 2. The van der Waals surface area contributed by atoms with Gasteiger partial charge >= 0.3 is 6.03 Å². The van der Waals surface area contributed by atoms with Gasteiger partial charge in [0.05, 0.1) is 0 Å². The van der Waals surface area contributed by atoms with E-state index < -0.39 is 0 Å². The summed E-state index contributed by atoms with van der Waals surface area (Å²) in [6.07, 6.45) is 9.77. The number of aryl methyl sites for hydroxylation is 2. The van der Waals surface area contributed by atoms with Crippen molar-refractivity contribution in [1.29, 1.82) is 0 Å². The number of aromatic amines is 1. The number of nitrogens with zero attached hydrogens (tertiary/aromatic N) is 4. The van der Waals surface area contributed by atoms with Crippen LogP contribution in [0.15, 0.2) is 17.1 Å². The molecule has 0 radical (unpaired) electrons. The summed E-state index contributed by atoms with van der Waals surface area (Å²) >= 11 is 0. The summed E-state index contributed by atoms with van der Waals surface area (Å²) in [5.74, 6) is 2.44. The lowest BCUT2D eigenvalue weighted by Crippen LogP contribution is -2.43. The second-order valence-electron chi connectivity index (χ2n) is 8.42. The van der Waals surface area contributed by atoms with E-state index in [9.17, 15) is 9.59 Å². The minimum Gasteiger partial charge on any atom is -0.324 e. The van der Waals surface area contributed by atoms with Crippen molar-refractivity contribution in [3.63, 3.8) is 0 Å². The Hall–Kier alpha value is -2.64. The number of pyridine rings is 1. The highest BCUT2D eigenvalue weighted by molar-refractivity contribution is 5.90. The molecule has 1 aliphatic carbocycles. The number of urea groups is 1. The van der Waals surface area contributed by atoms with E-state index in [2.05, 4.69) is 15.5 Å². The lowest BCUT2D eigenvalue weighted by Gasteiger charge is -2.31. The van der Waals surface area contributed by atoms with Gasteiger partial charge in [0.25, 0.3) is 5.56 Å². The fraction of sp³-hybridized carbons (Fsp3) is 0.619. The summed E-state index contributed by atoms with van der Waals surface area (Å²) < 4.78 is 1.47. The summed E-state index contributed by atoms with van der Waals surface area (Å²) in [6.45, 7) is 3.07. The molecule has 2 aromatic rings. The Labute approximate surface area is 170 Å². The summed E-state index contributed by atoms with van der Waals surface area (Å²) in [5.41, 5.74) is 0.915. The molecule has 8 nitrogen and oxygen atoms in total. The number of rotatable bonds is 3. The van der Waals surface area contributed by atoms with E-state index in [1.54, 1.807) is 18.1 Å². The quantitative estimate of drug-likeness (QED) is 0.829. The predicted octanol–water partition coefficient (Wildman–Crippen LogP) is 3.27. The summed E-state index contributed by atoms with van der Waals surface area (Å²) in [7, 11) is 1.68. The molecule has 2 aliphatic rings. The molecule has 3 heterocycles. The zero-order chi connectivity index (χ0) is 20.4. The van der Waals surface area contributed by atoms with Gasteiger partial charge in [-0.05, 0) is 44.2 Å². The van der Waals surface area contributed by atoms with Gasteiger partial charge in [-0.2, -0.15) is 5.10 Å². The van der Waals surface area contributed by atoms with Crippen LogP contribution >= 0.6 is 0 Å². The smallest absolute Gasteiger partial charge is 0.322 e. The van der Waals surface area contributed by atoms with E-state index in [0.717, 1.165) is 30.1 Å². The van der Waals surface area contributed by atoms with Crippen LogP contribution in [0.4, 0.5) is 10.5 Å². The first-order valence-corrected chi connectivity index (χ1v) is 10.7. The number of amides is 2. The Morgan fingerprint density at radius 3 is 2.72 bits per heavy atom. The van der Waals surface area contributed by atoms with Gasteiger partial charge in [0.1, 0.15) is 11.5 Å². The van der Waals surface area contributed by atoms with E-state index >= 15 is 0 Å². The van der Waals surface area contributed by atoms with Crippen LogP contribution in [-0.2, 0) is 7.05 Å². The van der Waals surface area contributed by atoms with Crippen LogP contribution < -0.4 is 10.9 Å². The van der Waals surface area contributed by atoms with E-state index in [1.165, 1.54) is 36.7 Å². The molecule has 1 saturated carbocycles. The Bertz CT molecular complexity index is 927. The second kappa shape index (κ2) is 8.39. The Morgan fingerprint density at radius 1 is 1.17 bits per heavy atom. The molecule has 0 aromatic carbocycles. The van der Waals surface area contributed by atoms with Gasteiger partial charge < -0.3 is 14.8 Å². The Morgan fingerprint density at radius 2 is 1.93 bits per heavy atom. The first-order valence-electron chi connectivity index (χ1n) is 10.7. The molecule has 29 heavy (non-hydrogen) atoms. The molecular weight excluding hydrogens is 368 g/mol. The molecule has 1 aliphatic heterocycles. The molecule has 156 valence electrons. The van der Waals surface area contributed by atoms with Crippen molar-refractivity contribution in [2.75, 3.05) is 18.4 Å². The molecular formula is C21H30N6O2. The normalized spacial score (nSPS) is 20.6. The number of piperidine rings is 1. The van der Waals surface area contributed by atoms with Crippen LogP contribution in [0.2, 0.25) is 0 Å². The number of nitrogens with one attached hydrogen (secondary N) is 2. The highest BCUT2D eigenvalue weighted by Crippen LogP contribution is 2.32. The third-order valence-electron chi connectivity index (χ3n) is 6.29. The van der Waals surface area contributed by atoms with Gasteiger partial charge in [-0.25, -0.2) is 9.78 Å². The molecule has 1 unspecified atom stereocenters. The van der Waals surface area contributed by atoms with Crippen molar-refractivity contribution in [2.24, 2.45) is 7.05 Å². The average molecular weight is 399 g/mol. The SMILES string of the molecule is Cc1ccn(C)c(=O)c1NC(=O)N1CCCC(c2n[nH]c(C3CCCCC3)n2)C1. The van der Waals surface area contributed by atoms with Crippen molar-refractivity contribution in [3.8, 4) is 0 Å². The summed E-state index contributed by atoms with van der Waals surface area (Å²) in [4.78, 5) is 31.8. The maximum Gasteiger partial charge on any atom is 0.322 e.